The average Bonchev–Trinajstić information content (AvgIpc) is 2.47. The number of piperidine rings is 1. The second kappa shape index (κ2) is 8.46. The Labute approximate surface area is 123 Å². The van der Waals surface area contributed by atoms with Crippen LogP contribution in [0, 0.1) is 5.92 Å². The van der Waals surface area contributed by atoms with Crippen molar-refractivity contribution in [3.8, 4) is 0 Å². The molecule has 1 rings (SSSR count). The zero-order valence-corrected chi connectivity index (χ0v) is 12.1. The van der Waals surface area contributed by atoms with Gasteiger partial charge >= 0.3 is 18.0 Å². The molecular formula is C13H22N2O6. The molecule has 120 valence electrons. The lowest BCUT2D eigenvalue weighted by Crippen LogP contribution is -2.47. The van der Waals surface area contributed by atoms with Crippen LogP contribution in [0.2, 0.25) is 0 Å². The Balaban J connectivity index is 2.36. The summed E-state index contributed by atoms with van der Waals surface area (Å²) in [6.45, 7) is 2.95. The number of carboxylic acids is 1. The highest BCUT2D eigenvalue weighted by Gasteiger charge is 2.29. The van der Waals surface area contributed by atoms with Crippen molar-refractivity contribution in [3.63, 3.8) is 0 Å². The minimum absolute atomic E-state index is 0.0593. The average molecular weight is 302 g/mol. The quantitative estimate of drug-likeness (QED) is 0.585. The van der Waals surface area contributed by atoms with Gasteiger partial charge in [-0.3, -0.25) is 4.79 Å². The van der Waals surface area contributed by atoms with E-state index in [1.807, 2.05) is 0 Å². The van der Waals surface area contributed by atoms with E-state index in [0.29, 0.717) is 32.5 Å². The van der Waals surface area contributed by atoms with Gasteiger partial charge in [0.1, 0.15) is 0 Å². The first kappa shape index (κ1) is 17.2. The summed E-state index contributed by atoms with van der Waals surface area (Å²) < 4.78 is 4.95. The number of aliphatic hydroxyl groups excluding tert-OH is 1. The highest BCUT2D eigenvalue weighted by Crippen LogP contribution is 2.17. The Morgan fingerprint density at radius 3 is 2.76 bits per heavy atom. The fourth-order valence-electron chi connectivity index (χ4n) is 2.17. The van der Waals surface area contributed by atoms with Gasteiger partial charge in [0.2, 0.25) is 0 Å². The number of likely N-dealkylation sites (tertiary alicyclic amines) is 1. The topological polar surface area (TPSA) is 116 Å². The first-order valence-corrected chi connectivity index (χ1v) is 7.06. The number of urea groups is 1. The molecule has 1 aliphatic rings. The number of hydrogen-bond acceptors (Lipinski definition) is 5. The third kappa shape index (κ3) is 5.58. The van der Waals surface area contributed by atoms with E-state index in [2.05, 4.69) is 5.32 Å². The highest BCUT2D eigenvalue weighted by atomic mass is 16.5. The van der Waals surface area contributed by atoms with Crippen molar-refractivity contribution in [2.45, 2.75) is 32.3 Å². The van der Waals surface area contributed by atoms with E-state index in [-0.39, 0.29) is 30.9 Å². The molecule has 1 saturated heterocycles. The van der Waals surface area contributed by atoms with Crippen molar-refractivity contribution < 1.29 is 29.3 Å². The zero-order valence-electron chi connectivity index (χ0n) is 12.1. The van der Waals surface area contributed by atoms with Crippen LogP contribution >= 0.6 is 0 Å². The Kier molecular flexibility index (Phi) is 6.93. The Morgan fingerprint density at radius 2 is 2.14 bits per heavy atom. The second-order valence-corrected chi connectivity index (χ2v) is 4.91. The maximum absolute atomic E-state index is 11.9. The summed E-state index contributed by atoms with van der Waals surface area (Å²) in [5.41, 5.74) is 0. The van der Waals surface area contributed by atoms with Crippen molar-refractivity contribution in [1.82, 2.24) is 10.2 Å². The van der Waals surface area contributed by atoms with Crippen molar-refractivity contribution in [3.05, 3.63) is 0 Å². The number of carbonyl (C=O) groups excluding carboxylic acids is 2. The molecule has 0 radical (unpaired) electrons. The molecule has 0 aromatic rings. The van der Waals surface area contributed by atoms with E-state index >= 15 is 0 Å². The number of aliphatic hydroxyl groups is 1. The van der Waals surface area contributed by atoms with E-state index in [4.69, 9.17) is 14.9 Å². The van der Waals surface area contributed by atoms with Gasteiger partial charge in [-0.25, -0.2) is 9.59 Å². The van der Waals surface area contributed by atoms with Crippen molar-refractivity contribution in [1.29, 1.82) is 0 Å². The summed E-state index contributed by atoms with van der Waals surface area (Å²) in [4.78, 5) is 35.5. The summed E-state index contributed by atoms with van der Waals surface area (Å²) in [5.74, 6) is -1.92. The van der Waals surface area contributed by atoms with Gasteiger partial charge < -0.3 is 25.2 Å². The maximum atomic E-state index is 11.9. The predicted octanol–water partition coefficient (Wildman–Crippen LogP) is -0.193. The van der Waals surface area contributed by atoms with Crippen LogP contribution in [0.1, 0.15) is 26.2 Å². The molecule has 0 aromatic heterocycles. The van der Waals surface area contributed by atoms with Gasteiger partial charge in [0.05, 0.1) is 12.5 Å². The Morgan fingerprint density at radius 1 is 1.43 bits per heavy atom. The van der Waals surface area contributed by atoms with Gasteiger partial charge in [0.25, 0.3) is 0 Å². The smallest absolute Gasteiger partial charge is 0.332 e. The van der Waals surface area contributed by atoms with E-state index in [1.54, 1.807) is 6.92 Å². The van der Waals surface area contributed by atoms with Crippen LogP contribution in [0.5, 0.6) is 0 Å². The molecule has 0 aromatic carbocycles. The highest BCUT2D eigenvalue weighted by molar-refractivity contribution is 5.77. The standard InChI is InChI=1S/C13H22N2O6/c1-2-21-12(19)9-4-3-7-15(8-9)13(20)14-6-5-10(16)11(17)18/h9-10,16H,2-8H2,1H3,(H,14,20)(H,17,18)/t9?,10-/m0/s1. The molecule has 1 fully saturated rings. The molecule has 1 aliphatic heterocycles. The summed E-state index contributed by atoms with van der Waals surface area (Å²) >= 11 is 0. The van der Waals surface area contributed by atoms with Crippen molar-refractivity contribution >= 4 is 18.0 Å². The largest absolute Gasteiger partial charge is 0.479 e. The van der Waals surface area contributed by atoms with Gasteiger partial charge in [-0.1, -0.05) is 0 Å². The monoisotopic (exact) mass is 302 g/mol. The SMILES string of the molecule is CCOC(=O)C1CCCN(C(=O)NCC[C@H](O)C(=O)O)C1. The van der Waals surface area contributed by atoms with Gasteiger partial charge in [-0.2, -0.15) is 0 Å². The number of hydrogen-bond donors (Lipinski definition) is 3. The number of aliphatic carboxylic acids is 1. The van der Waals surface area contributed by atoms with Gasteiger partial charge in [0, 0.05) is 26.1 Å². The minimum Gasteiger partial charge on any atom is -0.479 e. The predicted molar refractivity (Wildman–Crippen MR) is 72.6 cm³/mol. The molecular weight excluding hydrogens is 280 g/mol. The molecule has 0 spiro atoms. The number of carboxylic acid groups (broad SMARTS) is 1. The normalized spacial score (nSPS) is 19.7. The molecule has 0 saturated carbocycles. The molecule has 21 heavy (non-hydrogen) atoms. The van der Waals surface area contributed by atoms with Crippen LogP contribution in [0.4, 0.5) is 4.79 Å². The van der Waals surface area contributed by atoms with Crippen LogP contribution in [-0.4, -0.2) is 65.4 Å². The summed E-state index contributed by atoms with van der Waals surface area (Å²) in [7, 11) is 0. The van der Waals surface area contributed by atoms with Crippen LogP contribution in [0.15, 0.2) is 0 Å². The van der Waals surface area contributed by atoms with E-state index < -0.39 is 12.1 Å². The van der Waals surface area contributed by atoms with Crippen LogP contribution in [0.3, 0.4) is 0 Å². The minimum atomic E-state index is -1.49. The number of nitrogens with one attached hydrogen (secondary N) is 1. The lowest BCUT2D eigenvalue weighted by atomic mass is 9.98. The fraction of sp³-hybridized carbons (Fsp3) is 0.769. The molecule has 2 amide bonds. The summed E-state index contributed by atoms with van der Waals surface area (Å²) in [6.07, 6.45) is -0.135. The Bertz CT molecular complexity index is 387. The number of esters is 1. The molecule has 8 nitrogen and oxygen atoms in total. The number of rotatable bonds is 6. The fourth-order valence-corrected chi connectivity index (χ4v) is 2.17. The maximum Gasteiger partial charge on any atom is 0.332 e. The first-order chi connectivity index (χ1) is 9.95. The summed E-state index contributed by atoms with van der Waals surface area (Å²) in [6, 6.07) is -0.360. The lowest BCUT2D eigenvalue weighted by Gasteiger charge is -2.31. The second-order valence-electron chi connectivity index (χ2n) is 4.91. The van der Waals surface area contributed by atoms with Crippen molar-refractivity contribution in [2.24, 2.45) is 5.92 Å². The molecule has 3 N–H and O–H groups in total. The summed E-state index contributed by atoms with van der Waals surface area (Å²) in [5, 5.41) is 20.2. The van der Waals surface area contributed by atoms with Crippen molar-refractivity contribution in [2.75, 3.05) is 26.2 Å². The third-order valence-electron chi connectivity index (χ3n) is 3.31. The molecule has 0 aliphatic carbocycles. The number of ether oxygens (including phenoxy) is 1. The van der Waals surface area contributed by atoms with E-state index in [0.717, 1.165) is 0 Å². The molecule has 2 atom stereocenters. The zero-order chi connectivity index (χ0) is 15.8. The molecule has 8 heteroatoms. The number of amides is 2. The van der Waals surface area contributed by atoms with Gasteiger partial charge in [0.15, 0.2) is 6.10 Å². The van der Waals surface area contributed by atoms with Crippen LogP contribution < -0.4 is 5.32 Å². The lowest BCUT2D eigenvalue weighted by molar-refractivity contribution is -0.149. The van der Waals surface area contributed by atoms with Crippen LogP contribution in [0.25, 0.3) is 0 Å². The van der Waals surface area contributed by atoms with Gasteiger partial charge in [-0.05, 0) is 19.8 Å². The van der Waals surface area contributed by atoms with Gasteiger partial charge in [-0.15, -0.1) is 0 Å². The van der Waals surface area contributed by atoms with E-state index in [9.17, 15) is 14.4 Å². The third-order valence-corrected chi connectivity index (χ3v) is 3.31. The molecule has 1 heterocycles. The number of carbonyl (C=O) groups is 3. The molecule has 0 bridgehead atoms. The first-order valence-electron chi connectivity index (χ1n) is 7.06. The van der Waals surface area contributed by atoms with Crippen LogP contribution in [-0.2, 0) is 14.3 Å². The molecule has 1 unspecified atom stereocenters. The van der Waals surface area contributed by atoms with E-state index in [1.165, 1.54) is 4.90 Å². The number of nitrogens with zero attached hydrogens (tertiary/aromatic N) is 1. The Hall–Kier alpha value is -1.83.